The lowest BCUT2D eigenvalue weighted by Crippen LogP contribution is -2.59. The molecule has 14 unspecified atom stereocenters. The van der Waals surface area contributed by atoms with Gasteiger partial charge in [-0.1, -0.05) is 57.9 Å². The van der Waals surface area contributed by atoms with Gasteiger partial charge in [0.15, 0.2) is 11.4 Å². The Morgan fingerprint density at radius 2 is 1.72 bits per heavy atom. The van der Waals surface area contributed by atoms with Gasteiger partial charge in [-0.2, -0.15) is 0 Å². The summed E-state index contributed by atoms with van der Waals surface area (Å²) >= 11 is 4.46. The van der Waals surface area contributed by atoms with E-state index >= 15 is 0 Å². The Hall–Kier alpha value is -0.700. The van der Waals surface area contributed by atoms with Gasteiger partial charge >= 0.3 is 0 Å². The fourth-order valence-corrected chi connectivity index (χ4v) is 11.0. The molecule has 14 atom stereocenters. The van der Waals surface area contributed by atoms with E-state index in [2.05, 4.69) is 66.3 Å². The molecule has 0 bridgehead atoms. The van der Waals surface area contributed by atoms with Gasteiger partial charge in [0.2, 0.25) is 0 Å². The normalized spacial score (nSPS) is 47.4. The summed E-state index contributed by atoms with van der Waals surface area (Å²) in [5.74, 6) is 2.77. The molecule has 1 aliphatic heterocycles. The van der Waals surface area contributed by atoms with Crippen LogP contribution in [-0.2, 0) is 14.3 Å². The summed E-state index contributed by atoms with van der Waals surface area (Å²) in [6, 6.07) is 0. The molecular weight excluding hydrogens is 560 g/mol. The van der Waals surface area contributed by atoms with Crippen molar-refractivity contribution in [2.75, 3.05) is 0 Å². The lowest BCUT2D eigenvalue weighted by Gasteiger charge is -2.60. The van der Waals surface area contributed by atoms with Crippen molar-refractivity contribution in [3.05, 3.63) is 23.3 Å². The highest BCUT2D eigenvalue weighted by molar-refractivity contribution is 7.96. The van der Waals surface area contributed by atoms with Gasteiger partial charge in [-0.3, -0.25) is 4.79 Å². The highest BCUT2D eigenvalue weighted by Gasteiger charge is 2.60. The Morgan fingerprint density at radius 3 is 2.37 bits per heavy atom. The quantitative estimate of drug-likeness (QED) is 0.184. The maximum Gasteiger partial charge on any atom is 0.189 e. The molecule has 0 aromatic carbocycles. The van der Waals surface area contributed by atoms with Crippen molar-refractivity contribution in [2.24, 2.45) is 52.3 Å². The van der Waals surface area contributed by atoms with E-state index in [0.717, 1.165) is 38.5 Å². The monoisotopic (exact) mass is 618 g/mol. The molecule has 4 fully saturated rings. The molecule has 0 aromatic heterocycles. The van der Waals surface area contributed by atoms with E-state index in [0.29, 0.717) is 29.6 Å². The van der Waals surface area contributed by atoms with Crippen LogP contribution in [0.3, 0.4) is 0 Å². The Balaban J connectivity index is 1.31. The number of thiol groups is 1. The molecule has 1 heterocycles. The third-order valence-electron chi connectivity index (χ3n) is 13.4. The first-order chi connectivity index (χ1) is 20.2. The van der Waals surface area contributed by atoms with E-state index < -0.39 is 30.7 Å². The second-order valence-corrected chi connectivity index (χ2v) is 16.1. The molecule has 7 heteroatoms. The molecule has 5 aliphatic rings. The van der Waals surface area contributed by atoms with Crippen molar-refractivity contribution >= 4 is 17.7 Å². The zero-order chi connectivity index (χ0) is 31.4. The number of fused-ring (bicyclic) bond motifs is 5. The van der Waals surface area contributed by atoms with Crippen LogP contribution in [0.5, 0.6) is 0 Å². The first kappa shape index (κ1) is 33.7. The summed E-state index contributed by atoms with van der Waals surface area (Å²) < 4.78 is 12.2. The predicted molar refractivity (Wildman–Crippen MR) is 172 cm³/mol. The van der Waals surface area contributed by atoms with Crippen LogP contribution < -0.4 is 0 Å². The molecule has 3 N–H and O–H groups in total. The SMILES string of the molecule is CC=C(CCC(C(=O)S)C1CCC2C3=CCC4C(C)C(OC5OC(C)C(O)C(O)C5O)CCC4(C)C3CCC21C)C(C)C. The second kappa shape index (κ2) is 12.8. The lowest BCUT2D eigenvalue weighted by atomic mass is 9.46. The van der Waals surface area contributed by atoms with Crippen molar-refractivity contribution < 1.29 is 29.6 Å². The van der Waals surface area contributed by atoms with Crippen LogP contribution in [0, 0.1) is 52.3 Å². The molecular formula is C36H58O6S. The minimum absolute atomic E-state index is 0.0171. The molecule has 0 spiro atoms. The summed E-state index contributed by atoms with van der Waals surface area (Å²) in [4.78, 5) is 13.0. The second-order valence-electron chi connectivity index (χ2n) is 15.6. The van der Waals surface area contributed by atoms with Gasteiger partial charge in [0.1, 0.15) is 18.3 Å². The average Bonchev–Trinajstić information content (AvgIpc) is 3.30. The van der Waals surface area contributed by atoms with E-state index in [4.69, 9.17) is 9.47 Å². The summed E-state index contributed by atoms with van der Waals surface area (Å²) in [6.07, 6.45) is 9.04. The third kappa shape index (κ3) is 5.86. The van der Waals surface area contributed by atoms with Crippen LogP contribution in [0.15, 0.2) is 23.3 Å². The van der Waals surface area contributed by atoms with E-state index in [-0.39, 0.29) is 33.9 Å². The summed E-state index contributed by atoms with van der Waals surface area (Å²) in [7, 11) is 0. The van der Waals surface area contributed by atoms with Gasteiger partial charge in [0.05, 0.1) is 12.2 Å². The minimum Gasteiger partial charge on any atom is -0.388 e. The van der Waals surface area contributed by atoms with Crippen molar-refractivity contribution in [1.82, 2.24) is 0 Å². The minimum atomic E-state index is -1.28. The number of hydrogen-bond acceptors (Lipinski definition) is 6. The first-order valence-electron chi connectivity index (χ1n) is 17.2. The standard InChI is InChI=1S/C36H58O6S/c1-8-22(19(2)3)9-10-24(33(40)43)27-14-13-26-23-11-12-25-20(4)29(42-34-32(39)31(38)30(37)21(5)41-34)16-18-35(25,6)28(23)15-17-36(26,27)7/h8,11,19-21,24-32,34,37-39H,9-10,12-18H2,1-7H3,(H,40,43). The predicted octanol–water partition coefficient (Wildman–Crippen LogP) is 6.48. The number of aliphatic hydroxyl groups excluding tert-OH is 3. The highest BCUT2D eigenvalue weighted by atomic mass is 32.1. The van der Waals surface area contributed by atoms with E-state index in [1.165, 1.54) is 24.8 Å². The van der Waals surface area contributed by atoms with Crippen LogP contribution in [0.4, 0.5) is 0 Å². The fourth-order valence-electron chi connectivity index (χ4n) is 10.7. The van der Waals surface area contributed by atoms with Crippen LogP contribution >= 0.6 is 12.6 Å². The highest BCUT2D eigenvalue weighted by Crippen LogP contribution is 2.67. The van der Waals surface area contributed by atoms with Crippen molar-refractivity contribution in [3.63, 3.8) is 0 Å². The summed E-state index contributed by atoms with van der Waals surface area (Å²) in [5, 5.41) is 31.1. The Kier molecular flexibility index (Phi) is 10.0. The molecule has 43 heavy (non-hydrogen) atoms. The largest absolute Gasteiger partial charge is 0.388 e. The number of ether oxygens (including phenoxy) is 2. The van der Waals surface area contributed by atoms with Gasteiger partial charge in [-0.25, -0.2) is 0 Å². The molecule has 6 nitrogen and oxygen atoms in total. The maximum atomic E-state index is 13.0. The number of hydrogen-bond donors (Lipinski definition) is 4. The molecule has 244 valence electrons. The third-order valence-corrected chi connectivity index (χ3v) is 13.7. The lowest BCUT2D eigenvalue weighted by molar-refractivity contribution is -0.313. The molecule has 0 amide bonds. The summed E-state index contributed by atoms with van der Waals surface area (Å²) in [5.41, 5.74) is 3.44. The molecule has 4 aliphatic carbocycles. The number of aliphatic hydroxyl groups is 3. The Morgan fingerprint density at radius 1 is 1.05 bits per heavy atom. The zero-order valence-electron chi connectivity index (χ0n) is 27.5. The van der Waals surface area contributed by atoms with Crippen LogP contribution in [0.2, 0.25) is 0 Å². The van der Waals surface area contributed by atoms with Gasteiger partial charge in [0, 0.05) is 5.92 Å². The van der Waals surface area contributed by atoms with Gasteiger partial charge in [0.25, 0.3) is 0 Å². The number of carbonyl (C=O) groups excluding carboxylic acids is 1. The molecule has 0 aromatic rings. The van der Waals surface area contributed by atoms with Crippen molar-refractivity contribution in [2.45, 2.75) is 143 Å². The molecule has 3 saturated carbocycles. The molecule has 5 rings (SSSR count). The zero-order valence-corrected chi connectivity index (χ0v) is 28.4. The fraction of sp³-hybridized carbons (Fsp3) is 0.861. The van der Waals surface area contributed by atoms with Gasteiger partial charge < -0.3 is 24.8 Å². The topological polar surface area (TPSA) is 96.2 Å². The smallest absolute Gasteiger partial charge is 0.189 e. The maximum absolute atomic E-state index is 13.0. The van der Waals surface area contributed by atoms with E-state index in [1.54, 1.807) is 12.5 Å². The van der Waals surface area contributed by atoms with E-state index in [1.807, 2.05) is 0 Å². The Bertz CT molecular complexity index is 1090. The van der Waals surface area contributed by atoms with E-state index in [9.17, 15) is 20.1 Å². The number of allylic oxidation sites excluding steroid dienone is 4. The number of carbonyl (C=O) groups is 1. The van der Waals surface area contributed by atoms with Crippen LogP contribution in [-0.4, -0.2) is 57.2 Å². The van der Waals surface area contributed by atoms with Crippen LogP contribution in [0.25, 0.3) is 0 Å². The van der Waals surface area contributed by atoms with Gasteiger partial charge in [-0.15, -0.1) is 12.6 Å². The van der Waals surface area contributed by atoms with Crippen molar-refractivity contribution in [3.8, 4) is 0 Å². The first-order valence-corrected chi connectivity index (χ1v) is 17.6. The van der Waals surface area contributed by atoms with Gasteiger partial charge in [-0.05, 0) is 118 Å². The Labute approximate surface area is 265 Å². The summed E-state index contributed by atoms with van der Waals surface area (Å²) in [6.45, 7) is 15.6. The van der Waals surface area contributed by atoms with Crippen molar-refractivity contribution in [1.29, 1.82) is 0 Å². The van der Waals surface area contributed by atoms with Crippen LogP contribution in [0.1, 0.15) is 106 Å². The average molecular weight is 619 g/mol. The molecule has 0 radical (unpaired) electrons. The number of rotatable bonds is 8. The molecule has 1 saturated heterocycles.